The second kappa shape index (κ2) is 14.5. The van der Waals surface area contributed by atoms with Crippen LogP contribution in [0.25, 0.3) is 5.57 Å². The Hall–Kier alpha value is -3.68. The molecule has 0 bridgehead atoms. The molecule has 1 aliphatic rings. The van der Waals surface area contributed by atoms with Crippen molar-refractivity contribution in [2.24, 2.45) is 11.8 Å². The molecule has 39 heavy (non-hydrogen) atoms. The number of cyclic esters (lactones) is 1. The van der Waals surface area contributed by atoms with Crippen LogP contribution in [0.15, 0.2) is 60.2 Å². The zero-order valence-corrected chi connectivity index (χ0v) is 24.2. The molecule has 2 N–H and O–H groups in total. The summed E-state index contributed by atoms with van der Waals surface area (Å²) in [7, 11) is 1.52. The number of amides is 3. The summed E-state index contributed by atoms with van der Waals surface area (Å²) in [6, 6.07) is 8.36. The van der Waals surface area contributed by atoms with E-state index in [1.165, 1.54) is 11.9 Å². The third-order valence-electron chi connectivity index (χ3n) is 7.09. The van der Waals surface area contributed by atoms with Gasteiger partial charge in [-0.3, -0.25) is 19.2 Å². The number of carbonyl (C=O) groups is 4. The van der Waals surface area contributed by atoms with Gasteiger partial charge in [-0.05, 0) is 42.9 Å². The number of hydrogen-bond donors (Lipinski definition) is 2. The van der Waals surface area contributed by atoms with E-state index in [4.69, 9.17) is 4.74 Å². The van der Waals surface area contributed by atoms with Crippen molar-refractivity contribution >= 4 is 29.3 Å². The fourth-order valence-corrected chi connectivity index (χ4v) is 4.74. The van der Waals surface area contributed by atoms with Crippen molar-refractivity contribution < 1.29 is 23.9 Å². The first-order valence-electron chi connectivity index (χ1n) is 13.5. The van der Waals surface area contributed by atoms with Crippen LogP contribution in [0.3, 0.4) is 0 Å². The molecule has 1 aliphatic heterocycles. The van der Waals surface area contributed by atoms with Gasteiger partial charge in [0.1, 0.15) is 24.7 Å². The zero-order chi connectivity index (χ0) is 29.3. The quantitative estimate of drug-likeness (QED) is 0.335. The first kappa shape index (κ1) is 31.5. The van der Waals surface area contributed by atoms with Gasteiger partial charge in [0.05, 0.1) is 0 Å². The normalized spacial score (nSPS) is 25.0. The van der Waals surface area contributed by atoms with E-state index in [9.17, 15) is 19.2 Å². The molecule has 8 heteroatoms. The molecule has 4 atom stereocenters. The van der Waals surface area contributed by atoms with E-state index >= 15 is 0 Å². The Balaban J connectivity index is 2.42. The van der Waals surface area contributed by atoms with Gasteiger partial charge in [-0.1, -0.05) is 82.3 Å². The minimum atomic E-state index is -0.837. The van der Waals surface area contributed by atoms with Gasteiger partial charge in [0, 0.05) is 19.4 Å². The van der Waals surface area contributed by atoms with Crippen LogP contribution in [-0.4, -0.2) is 60.4 Å². The Morgan fingerprint density at radius 2 is 1.77 bits per heavy atom. The molecule has 1 aromatic rings. The number of ether oxygens (including phenoxy) is 1. The number of allylic oxidation sites excluding steroid dienone is 3. The lowest BCUT2D eigenvalue weighted by Gasteiger charge is -2.32. The molecule has 3 amide bonds. The van der Waals surface area contributed by atoms with Gasteiger partial charge in [-0.25, -0.2) is 0 Å². The average molecular weight is 538 g/mol. The highest BCUT2D eigenvalue weighted by molar-refractivity contribution is 5.93. The number of likely N-dealkylation sites (N-methyl/N-ethyl adjacent to an activating group) is 1. The van der Waals surface area contributed by atoms with Crippen LogP contribution >= 0.6 is 0 Å². The van der Waals surface area contributed by atoms with Gasteiger partial charge in [0.2, 0.25) is 17.7 Å². The SMILES string of the molecule is C=C1CC(=O)N[C@@H](C)C(=O)N(C)[C@@H](C(C)C)C(=O)NCC(=O)OC(/C(C)=C/C=C(\CC)c2ccccc2)[C@@H]1C. The summed E-state index contributed by atoms with van der Waals surface area (Å²) < 4.78 is 5.87. The molecule has 2 rings (SSSR count). The number of benzene rings is 1. The molecule has 1 saturated heterocycles. The molecule has 1 heterocycles. The standard InChI is InChI=1S/C31H43N3O5/c1-9-24(25-13-11-10-12-14-25)16-15-20(4)29-22(6)21(5)17-26(35)33-23(7)31(38)34(8)28(19(2)3)30(37)32-18-27(36)39-29/h10-16,19,22-23,28-29H,5,9,17-18H2,1-4,6-8H3,(H,32,37)(H,33,35)/b20-15+,24-16+/t22-,23+,28+,29?/m1/s1. The molecule has 8 nitrogen and oxygen atoms in total. The third kappa shape index (κ3) is 8.67. The van der Waals surface area contributed by atoms with Crippen LogP contribution < -0.4 is 10.6 Å². The largest absolute Gasteiger partial charge is 0.456 e. The maximum Gasteiger partial charge on any atom is 0.326 e. The average Bonchev–Trinajstić information content (AvgIpc) is 2.89. The Morgan fingerprint density at radius 1 is 1.13 bits per heavy atom. The van der Waals surface area contributed by atoms with E-state index in [1.807, 2.05) is 70.2 Å². The fraction of sp³-hybridized carbons (Fsp3) is 0.484. The van der Waals surface area contributed by atoms with Crippen molar-refractivity contribution in [1.82, 2.24) is 15.5 Å². The van der Waals surface area contributed by atoms with Gasteiger partial charge >= 0.3 is 5.97 Å². The Kier molecular flexibility index (Phi) is 11.7. The maximum atomic E-state index is 13.0. The molecule has 0 spiro atoms. The number of esters is 1. The molecular weight excluding hydrogens is 494 g/mol. The third-order valence-corrected chi connectivity index (χ3v) is 7.09. The minimum absolute atomic E-state index is 0.0330. The lowest BCUT2D eigenvalue weighted by atomic mass is 9.89. The molecule has 0 radical (unpaired) electrons. The number of nitrogens with one attached hydrogen (secondary N) is 2. The van der Waals surface area contributed by atoms with Crippen molar-refractivity contribution in [2.45, 2.75) is 72.6 Å². The molecular formula is C31H43N3O5. The van der Waals surface area contributed by atoms with E-state index in [-0.39, 0.29) is 24.8 Å². The molecule has 1 fully saturated rings. The zero-order valence-electron chi connectivity index (χ0n) is 24.2. The van der Waals surface area contributed by atoms with Crippen molar-refractivity contribution in [1.29, 1.82) is 0 Å². The highest BCUT2D eigenvalue weighted by Crippen LogP contribution is 2.26. The van der Waals surface area contributed by atoms with Crippen molar-refractivity contribution in [3.8, 4) is 0 Å². The van der Waals surface area contributed by atoms with Crippen LogP contribution in [0, 0.1) is 11.8 Å². The summed E-state index contributed by atoms with van der Waals surface area (Å²) in [6.45, 7) is 14.8. The summed E-state index contributed by atoms with van der Waals surface area (Å²) >= 11 is 0. The molecule has 0 aromatic heterocycles. The lowest BCUT2D eigenvalue weighted by Crippen LogP contribution is -2.55. The van der Waals surface area contributed by atoms with E-state index in [1.54, 1.807) is 6.92 Å². The maximum absolute atomic E-state index is 13.0. The molecule has 1 unspecified atom stereocenters. The highest BCUT2D eigenvalue weighted by atomic mass is 16.5. The van der Waals surface area contributed by atoms with Crippen LogP contribution in [0.4, 0.5) is 0 Å². The summed E-state index contributed by atoms with van der Waals surface area (Å²) in [5.74, 6) is -2.48. The van der Waals surface area contributed by atoms with Gasteiger partial charge in [0.15, 0.2) is 0 Å². The van der Waals surface area contributed by atoms with Gasteiger partial charge in [-0.2, -0.15) is 0 Å². The first-order chi connectivity index (χ1) is 18.4. The second-order valence-corrected chi connectivity index (χ2v) is 10.5. The highest BCUT2D eigenvalue weighted by Gasteiger charge is 2.34. The van der Waals surface area contributed by atoms with Gasteiger partial charge in [-0.15, -0.1) is 0 Å². The van der Waals surface area contributed by atoms with Gasteiger partial charge in [0.25, 0.3) is 0 Å². The van der Waals surface area contributed by atoms with Crippen molar-refractivity contribution in [2.75, 3.05) is 13.6 Å². The second-order valence-electron chi connectivity index (χ2n) is 10.5. The van der Waals surface area contributed by atoms with E-state index < -0.39 is 41.9 Å². The summed E-state index contributed by atoms with van der Waals surface area (Å²) in [5, 5.41) is 5.34. The Bertz CT molecular complexity index is 1120. The summed E-state index contributed by atoms with van der Waals surface area (Å²) in [5.41, 5.74) is 3.57. The van der Waals surface area contributed by atoms with Crippen molar-refractivity contribution in [3.05, 3.63) is 65.8 Å². The first-order valence-corrected chi connectivity index (χ1v) is 13.5. The monoisotopic (exact) mass is 537 g/mol. The number of nitrogens with zero attached hydrogens (tertiary/aromatic N) is 1. The van der Waals surface area contributed by atoms with E-state index in [0.29, 0.717) is 5.57 Å². The number of carbonyl (C=O) groups excluding carboxylic acids is 4. The molecule has 0 saturated carbocycles. The van der Waals surface area contributed by atoms with Crippen LogP contribution in [-0.2, 0) is 23.9 Å². The number of rotatable bonds is 5. The van der Waals surface area contributed by atoms with E-state index in [2.05, 4.69) is 24.1 Å². The topological polar surface area (TPSA) is 105 Å². The van der Waals surface area contributed by atoms with Crippen LogP contribution in [0.2, 0.25) is 0 Å². The lowest BCUT2D eigenvalue weighted by molar-refractivity contribution is -0.149. The Labute approximate surface area is 232 Å². The summed E-state index contributed by atoms with van der Waals surface area (Å²) in [4.78, 5) is 53.1. The molecule has 0 aliphatic carbocycles. The predicted octanol–water partition coefficient (Wildman–Crippen LogP) is 4.04. The van der Waals surface area contributed by atoms with Gasteiger partial charge < -0.3 is 20.3 Å². The molecule has 1 aromatic carbocycles. The van der Waals surface area contributed by atoms with E-state index in [0.717, 1.165) is 23.1 Å². The van der Waals surface area contributed by atoms with Crippen LogP contribution in [0.5, 0.6) is 0 Å². The summed E-state index contributed by atoms with van der Waals surface area (Å²) in [6.07, 6.45) is 4.01. The molecule has 212 valence electrons. The fourth-order valence-electron chi connectivity index (χ4n) is 4.74. The predicted molar refractivity (Wildman–Crippen MR) is 153 cm³/mol. The van der Waals surface area contributed by atoms with Crippen LogP contribution in [0.1, 0.15) is 59.9 Å². The Morgan fingerprint density at radius 3 is 2.36 bits per heavy atom. The van der Waals surface area contributed by atoms with Crippen molar-refractivity contribution in [3.63, 3.8) is 0 Å². The number of hydrogen-bond acceptors (Lipinski definition) is 5. The minimum Gasteiger partial charge on any atom is -0.456 e. The smallest absolute Gasteiger partial charge is 0.326 e.